The van der Waals surface area contributed by atoms with Crippen LogP contribution in [0.1, 0.15) is 18.1 Å². The van der Waals surface area contributed by atoms with Gasteiger partial charge in [0.25, 0.3) is 0 Å². The largest absolute Gasteiger partial charge is 0.488 e. The van der Waals surface area contributed by atoms with Gasteiger partial charge in [-0.2, -0.15) is 0 Å². The molecule has 4 heteroatoms. The van der Waals surface area contributed by atoms with E-state index in [0.717, 1.165) is 18.8 Å². The molecule has 1 N–H and O–H groups in total. The van der Waals surface area contributed by atoms with Gasteiger partial charge < -0.3 is 19.5 Å². The zero-order valence-electron chi connectivity index (χ0n) is 12.4. The maximum absolute atomic E-state index is 5.90. The standard InChI is InChI=1S/C15H25NO3/c1-12-5-6-15(19-13(2)11-18-4)14(9-12)10-16-7-8-17-3/h5-6,9,13,16H,7-8,10-11H2,1-4H3. The average molecular weight is 267 g/mol. The predicted molar refractivity (Wildman–Crippen MR) is 76.7 cm³/mol. The Labute approximate surface area is 116 Å². The molecule has 108 valence electrons. The maximum atomic E-state index is 5.90. The fourth-order valence-corrected chi connectivity index (χ4v) is 1.84. The Morgan fingerprint density at radius 1 is 1.21 bits per heavy atom. The van der Waals surface area contributed by atoms with Crippen molar-refractivity contribution in [2.24, 2.45) is 0 Å². The highest BCUT2D eigenvalue weighted by Gasteiger charge is 2.08. The molecular formula is C15H25NO3. The SMILES string of the molecule is COCCNCc1cc(C)ccc1OC(C)COC. The van der Waals surface area contributed by atoms with E-state index < -0.39 is 0 Å². The summed E-state index contributed by atoms with van der Waals surface area (Å²) >= 11 is 0. The average Bonchev–Trinajstić information content (AvgIpc) is 2.38. The van der Waals surface area contributed by atoms with Gasteiger partial charge in [0.2, 0.25) is 0 Å². The molecule has 1 aromatic rings. The summed E-state index contributed by atoms with van der Waals surface area (Å²) in [5.41, 5.74) is 2.40. The van der Waals surface area contributed by atoms with E-state index in [4.69, 9.17) is 14.2 Å². The first-order valence-corrected chi connectivity index (χ1v) is 6.62. The van der Waals surface area contributed by atoms with Crippen molar-refractivity contribution in [1.29, 1.82) is 0 Å². The van der Waals surface area contributed by atoms with Gasteiger partial charge in [-0.1, -0.05) is 17.7 Å². The molecule has 1 rings (SSSR count). The molecule has 0 aliphatic rings. The van der Waals surface area contributed by atoms with Gasteiger partial charge in [0.05, 0.1) is 13.2 Å². The Hall–Kier alpha value is -1.10. The third-order valence-corrected chi connectivity index (χ3v) is 2.74. The minimum absolute atomic E-state index is 0.0467. The summed E-state index contributed by atoms with van der Waals surface area (Å²) in [5, 5.41) is 3.34. The lowest BCUT2D eigenvalue weighted by Gasteiger charge is -2.17. The van der Waals surface area contributed by atoms with Crippen LogP contribution >= 0.6 is 0 Å². The Morgan fingerprint density at radius 3 is 2.68 bits per heavy atom. The van der Waals surface area contributed by atoms with Crippen LogP contribution in [0.25, 0.3) is 0 Å². The molecular weight excluding hydrogens is 242 g/mol. The van der Waals surface area contributed by atoms with E-state index in [-0.39, 0.29) is 6.10 Å². The summed E-state index contributed by atoms with van der Waals surface area (Å²) in [6.45, 7) is 7.00. The number of hydrogen-bond acceptors (Lipinski definition) is 4. The zero-order valence-corrected chi connectivity index (χ0v) is 12.4. The van der Waals surface area contributed by atoms with Crippen LogP contribution in [0.3, 0.4) is 0 Å². The van der Waals surface area contributed by atoms with E-state index in [1.807, 2.05) is 13.0 Å². The van der Waals surface area contributed by atoms with Gasteiger partial charge in [0, 0.05) is 32.9 Å². The Bertz CT molecular complexity index is 368. The van der Waals surface area contributed by atoms with Crippen LogP contribution in [-0.2, 0) is 16.0 Å². The first kappa shape index (κ1) is 16.0. The van der Waals surface area contributed by atoms with Crippen LogP contribution < -0.4 is 10.1 Å². The molecule has 0 amide bonds. The Morgan fingerprint density at radius 2 is 2.00 bits per heavy atom. The van der Waals surface area contributed by atoms with Crippen LogP contribution in [0.4, 0.5) is 0 Å². The first-order chi connectivity index (χ1) is 9.17. The van der Waals surface area contributed by atoms with Gasteiger partial charge in [0.15, 0.2) is 0 Å². The number of hydrogen-bond donors (Lipinski definition) is 1. The quantitative estimate of drug-likeness (QED) is 0.696. The van der Waals surface area contributed by atoms with Crippen molar-refractivity contribution in [3.63, 3.8) is 0 Å². The molecule has 1 atom stereocenters. The van der Waals surface area contributed by atoms with Crippen LogP contribution in [0, 0.1) is 6.92 Å². The van der Waals surface area contributed by atoms with Crippen molar-refractivity contribution in [2.45, 2.75) is 26.5 Å². The third kappa shape index (κ3) is 6.05. The number of benzene rings is 1. The van der Waals surface area contributed by atoms with Gasteiger partial charge in [-0.25, -0.2) is 0 Å². The predicted octanol–water partition coefficient (Wildman–Crippen LogP) is 2.14. The minimum atomic E-state index is 0.0467. The van der Waals surface area contributed by atoms with E-state index in [9.17, 15) is 0 Å². The van der Waals surface area contributed by atoms with Crippen molar-refractivity contribution < 1.29 is 14.2 Å². The third-order valence-electron chi connectivity index (χ3n) is 2.74. The van der Waals surface area contributed by atoms with Crippen molar-refractivity contribution in [3.8, 4) is 5.75 Å². The molecule has 0 aromatic heterocycles. The lowest BCUT2D eigenvalue weighted by molar-refractivity contribution is 0.0913. The molecule has 0 fully saturated rings. The molecule has 1 unspecified atom stereocenters. The van der Waals surface area contributed by atoms with Gasteiger partial charge in [-0.15, -0.1) is 0 Å². The highest BCUT2D eigenvalue weighted by Crippen LogP contribution is 2.21. The van der Waals surface area contributed by atoms with Gasteiger partial charge in [-0.3, -0.25) is 0 Å². The zero-order chi connectivity index (χ0) is 14.1. The monoisotopic (exact) mass is 267 g/mol. The molecule has 0 heterocycles. The van der Waals surface area contributed by atoms with Gasteiger partial charge >= 0.3 is 0 Å². The summed E-state index contributed by atoms with van der Waals surface area (Å²) in [6, 6.07) is 6.23. The second-order valence-electron chi connectivity index (χ2n) is 4.66. The van der Waals surface area contributed by atoms with E-state index in [2.05, 4.69) is 24.4 Å². The molecule has 0 spiro atoms. The van der Waals surface area contributed by atoms with E-state index in [0.29, 0.717) is 13.2 Å². The van der Waals surface area contributed by atoms with Crippen LogP contribution in [0.2, 0.25) is 0 Å². The molecule has 0 aliphatic carbocycles. The number of nitrogens with one attached hydrogen (secondary N) is 1. The number of aryl methyl sites for hydroxylation is 1. The fourth-order valence-electron chi connectivity index (χ4n) is 1.84. The first-order valence-electron chi connectivity index (χ1n) is 6.62. The Balaban J connectivity index is 2.62. The van der Waals surface area contributed by atoms with Crippen molar-refractivity contribution in [1.82, 2.24) is 5.32 Å². The summed E-state index contributed by atoms with van der Waals surface area (Å²) in [6.07, 6.45) is 0.0467. The second kappa shape index (κ2) is 8.91. The van der Waals surface area contributed by atoms with Crippen LogP contribution in [0.15, 0.2) is 18.2 Å². The number of methoxy groups -OCH3 is 2. The summed E-state index contributed by atoms with van der Waals surface area (Å²) < 4.78 is 16.0. The topological polar surface area (TPSA) is 39.7 Å². The lowest BCUT2D eigenvalue weighted by Crippen LogP contribution is -2.22. The minimum Gasteiger partial charge on any atom is -0.488 e. The van der Waals surface area contributed by atoms with Gasteiger partial charge in [-0.05, 0) is 19.9 Å². The van der Waals surface area contributed by atoms with Crippen molar-refractivity contribution >= 4 is 0 Å². The summed E-state index contributed by atoms with van der Waals surface area (Å²) in [7, 11) is 3.39. The molecule has 19 heavy (non-hydrogen) atoms. The van der Waals surface area contributed by atoms with E-state index >= 15 is 0 Å². The van der Waals surface area contributed by atoms with Crippen molar-refractivity contribution in [3.05, 3.63) is 29.3 Å². The molecule has 0 radical (unpaired) electrons. The smallest absolute Gasteiger partial charge is 0.124 e. The van der Waals surface area contributed by atoms with Crippen molar-refractivity contribution in [2.75, 3.05) is 34.0 Å². The molecule has 0 saturated carbocycles. The van der Waals surface area contributed by atoms with E-state index in [1.54, 1.807) is 14.2 Å². The molecule has 0 bridgehead atoms. The summed E-state index contributed by atoms with van der Waals surface area (Å²) in [5.74, 6) is 0.917. The van der Waals surface area contributed by atoms with E-state index in [1.165, 1.54) is 11.1 Å². The molecule has 0 saturated heterocycles. The number of ether oxygens (including phenoxy) is 3. The maximum Gasteiger partial charge on any atom is 0.124 e. The fraction of sp³-hybridized carbons (Fsp3) is 0.600. The summed E-state index contributed by atoms with van der Waals surface area (Å²) in [4.78, 5) is 0. The molecule has 0 aliphatic heterocycles. The lowest BCUT2D eigenvalue weighted by atomic mass is 10.1. The molecule has 1 aromatic carbocycles. The highest BCUT2D eigenvalue weighted by atomic mass is 16.5. The normalized spacial score (nSPS) is 12.4. The van der Waals surface area contributed by atoms with Gasteiger partial charge in [0.1, 0.15) is 11.9 Å². The highest BCUT2D eigenvalue weighted by molar-refractivity contribution is 5.37. The number of rotatable bonds is 9. The molecule has 4 nitrogen and oxygen atoms in total. The van der Waals surface area contributed by atoms with Crippen LogP contribution in [0.5, 0.6) is 5.75 Å². The second-order valence-corrected chi connectivity index (χ2v) is 4.66. The van der Waals surface area contributed by atoms with Crippen LogP contribution in [-0.4, -0.2) is 40.1 Å². The Kier molecular flexibility index (Phi) is 7.48.